The quantitative estimate of drug-likeness (QED) is 0.699. The molecule has 2 aromatic carbocycles. The van der Waals surface area contributed by atoms with Crippen molar-refractivity contribution < 1.29 is 14.0 Å². The lowest BCUT2D eigenvalue weighted by Gasteiger charge is -2.32. The Bertz CT molecular complexity index is 1080. The fourth-order valence-corrected chi connectivity index (χ4v) is 3.87. The van der Waals surface area contributed by atoms with Gasteiger partial charge in [0.05, 0.1) is 11.3 Å². The fraction of sp³-hybridized carbons (Fsp3) is 0.292. The number of nitrogens with one attached hydrogen (secondary N) is 1. The summed E-state index contributed by atoms with van der Waals surface area (Å²) < 4.78 is 15.0. The molecule has 0 spiro atoms. The van der Waals surface area contributed by atoms with Crippen LogP contribution in [0, 0.1) is 12.7 Å². The molecule has 0 radical (unpaired) electrons. The van der Waals surface area contributed by atoms with Gasteiger partial charge in [0.2, 0.25) is 5.91 Å². The molecule has 1 fully saturated rings. The van der Waals surface area contributed by atoms with E-state index in [0.717, 1.165) is 24.0 Å². The molecule has 7 heteroatoms. The standard InChI is InChI=1S/C24H25FN4O2/c1-16-3-5-18(6-4-16)23-22(15-29(27-23)21-9-7-19(25)8-10-21)24(31)28-13-11-20(12-14-28)26-17(2)30/h3-10,15,20H,11-14H2,1-2H3,(H,26,30). The van der Waals surface area contributed by atoms with Crippen LogP contribution in [0.2, 0.25) is 0 Å². The number of piperidine rings is 1. The van der Waals surface area contributed by atoms with Crippen molar-refractivity contribution in [3.8, 4) is 16.9 Å². The number of aryl methyl sites for hydroxylation is 1. The molecule has 0 aliphatic carbocycles. The molecule has 1 saturated heterocycles. The number of nitrogens with zero attached hydrogens (tertiary/aromatic N) is 3. The van der Waals surface area contributed by atoms with Crippen LogP contribution in [0.15, 0.2) is 54.7 Å². The number of likely N-dealkylation sites (tertiary alicyclic amines) is 1. The van der Waals surface area contributed by atoms with E-state index in [1.165, 1.54) is 19.1 Å². The number of carbonyl (C=O) groups excluding carboxylic acids is 2. The average Bonchev–Trinajstić information content (AvgIpc) is 3.20. The zero-order chi connectivity index (χ0) is 22.0. The van der Waals surface area contributed by atoms with Crippen molar-refractivity contribution in [3.05, 3.63) is 71.7 Å². The van der Waals surface area contributed by atoms with Crippen LogP contribution >= 0.6 is 0 Å². The molecule has 1 aromatic heterocycles. The maximum absolute atomic E-state index is 13.4. The van der Waals surface area contributed by atoms with Crippen LogP contribution in [0.3, 0.4) is 0 Å². The normalized spacial score (nSPS) is 14.5. The number of hydrogen-bond acceptors (Lipinski definition) is 3. The van der Waals surface area contributed by atoms with E-state index in [0.29, 0.717) is 30.0 Å². The van der Waals surface area contributed by atoms with Crippen molar-refractivity contribution >= 4 is 11.8 Å². The summed E-state index contributed by atoms with van der Waals surface area (Å²) in [4.78, 5) is 26.5. The van der Waals surface area contributed by atoms with Gasteiger partial charge in [0.15, 0.2) is 0 Å². The van der Waals surface area contributed by atoms with Gasteiger partial charge in [0.25, 0.3) is 5.91 Å². The molecule has 0 unspecified atom stereocenters. The van der Waals surface area contributed by atoms with Crippen molar-refractivity contribution in [2.24, 2.45) is 0 Å². The van der Waals surface area contributed by atoms with Crippen LogP contribution in [-0.4, -0.2) is 45.6 Å². The Hall–Kier alpha value is -3.48. The Kier molecular flexibility index (Phi) is 5.84. The number of benzene rings is 2. The summed E-state index contributed by atoms with van der Waals surface area (Å²) in [5, 5.41) is 7.60. The third-order valence-electron chi connectivity index (χ3n) is 5.55. The molecule has 160 valence electrons. The van der Waals surface area contributed by atoms with Crippen molar-refractivity contribution in [3.63, 3.8) is 0 Å². The Balaban J connectivity index is 1.65. The molecule has 3 aromatic rings. The molecule has 0 atom stereocenters. The van der Waals surface area contributed by atoms with Gasteiger partial charge in [0.1, 0.15) is 11.5 Å². The minimum Gasteiger partial charge on any atom is -0.353 e. The van der Waals surface area contributed by atoms with E-state index >= 15 is 0 Å². The van der Waals surface area contributed by atoms with Crippen molar-refractivity contribution in [1.29, 1.82) is 0 Å². The molecule has 4 rings (SSSR count). The zero-order valence-corrected chi connectivity index (χ0v) is 17.6. The van der Waals surface area contributed by atoms with E-state index in [-0.39, 0.29) is 23.7 Å². The highest BCUT2D eigenvalue weighted by Gasteiger charge is 2.27. The Morgan fingerprint density at radius 1 is 1.03 bits per heavy atom. The summed E-state index contributed by atoms with van der Waals surface area (Å²) in [5.74, 6) is -0.467. The number of hydrogen-bond donors (Lipinski definition) is 1. The third kappa shape index (κ3) is 4.66. The van der Waals surface area contributed by atoms with E-state index in [9.17, 15) is 14.0 Å². The SMILES string of the molecule is CC(=O)NC1CCN(C(=O)c2cn(-c3ccc(F)cc3)nc2-c2ccc(C)cc2)CC1. The number of amides is 2. The van der Waals surface area contributed by atoms with Gasteiger partial charge in [-0.15, -0.1) is 0 Å². The van der Waals surface area contributed by atoms with Crippen LogP contribution in [0.5, 0.6) is 0 Å². The van der Waals surface area contributed by atoms with E-state index in [1.54, 1.807) is 23.0 Å². The maximum Gasteiger partial charge on any atom is 0.257 e. The fourth-order valence-electron chi connectivity index (χ4n) is 3.87. The summed E-state index contributed by atoms with van der Waals surface area (Å²) in [6.45, 7) is 4.65. The van der Waals surface area contributed by atoms with E-state index in [1.807, 2.05) is 36.1 Å². The summed E-state index contributed by atoms with van der Waals surface area (Å²) >= 11 is 0. The Morgan fingerprint density at radius 2 is 1.68 bits per heavy atom. The summed E-state index contributed by atoms with van der Waals surface area (Å²) in [6.07, 6.45) is 3.15. The lowest BCUT2D eigenvalue weighted by atomic mass is 10.0. The topological polar surface area (TPSA) is 67.2 Å². The summed E-state index contributed by atoms with van der Waals surface area (Å²) in [7, 11) is 0. The summed E-state index contributed by atoms with van der Waals surface area (Å²) in [5.41, 5.74) is 3.75. The molecule has 1 N–H and O–H groups in total. The van der Waals surface area contributed by atoms with Gasteiger partial charge >= 0.3 is 0 Å². The predicted octanol–water partition coefficient (Wildman–Crippen LogP) is 3.73. The second-order valence-corrected chi connectivity index (χ2v) is 7.95. The van der Waals surface area contributed by atoms with Crippen LogP contribution in [-0.2, 0) is 4.79 Å². The third-order valence-corrected chi connectivity index (χ3v) is 5.55. The monoisotopic (exact) mass is 420 g/mol. The van der Waals surface area contributed by atoms with E-state index in [4.69, 9.17) is 0 Å². The number of rotatable bonds is 4. The van der Waals surface area contributed by atoms with Gasteiger partial charge in [-0.05, 0) is 44.0 Å². The molecule has 2 amide bonds. The van der Waals surface area contributed by atoms with Gasteiger partial charge in [-0.1, -0.05) is 29.8 Å². The lowest BCUT2D eigenvalue weighted by molar-refractivity contribution is -0.119. The Morgan fingerprint density at radius 3 is 2.29 bits per heavy atom. The molecular weight excluding hydrogens is 395 g/mol. The maximum atomic E-state index is 13.4. The van der Waals surface area contributed by atoms with Gasteiger partial charge in [0, 0.05) is 37.8 Å². The first-order valence-electron chi connectivity index (χ1n) is 10.4. The molecule has 31 heavy (non-hydrogen) atoms. The van der Waals surface area contributed by atoms with E-state index < -0.39 is 0 Å². The van der Waals surface area contributed by atoms with Gasteiger partial charge in [-0.2, -0.15) is 5.10 Å². The molecule has 1 aliphatic rings. The van der Waals surface area contributed by atoms with E-state index in [2.05, 4.69) is 10.4 Å². The average molecular weight is 420 g/mol. The van der Waals surface area contributed by atoms with Crippen molar-refractivity contribution in [2.45, 2.75) is 32.7 Å². The predicted molar refractivity (Wildman–Crippen MR) is 116 cm³/mol. The molecule has 0 saturated carbocycles. The zero-order valence-electron chi connectivity index (χ0n) is 17.6. The van der Waals surface area contributed by atoms with Crippen molar-refractivity contribution in [2.75, 3.05) is 13.1 Å². The highest BCUT2D eigenvalue weighted by molar-refractivity contribution is 6.00. The number of halogens is 1. The second kappa shape index (κ2) is 8.71. The number of carbonyl (C=O) groups is 2. The molecule has 6 nitrogen and oxygen atoms in total. The lowest BCUT2D eigenvalue weighted by Crippen LogP contribution is -2.46. The second-order valence-electron chi connectivity index (χ2n) is 7.95. The first kappa shape index (κ1) is 20.8. The molecule has 1 aliphatic heterocycles. The smallest absolute Gasteiger partial charge is 0.257 e. The minimum atomic E-state index is -0.326. The van der Waals surface area contributed by atoms with Crippen molar-refractivity contribution in [1.82, 2.24) is 20.0 Å². The summed E-state index contributed by atoms with van der Waals surface area (Å²) in [6, 6.07) is 14.0. The first-order valence-corrected chi connectivity index (χ1v) is 10.4. The highest BCUT2D eigenvalue weighted by atomic mass is 19.1. The van der Waals surface area contributed by atoms with Gasteiger partial charge < -0.3 is 10.2 Å². The molecule has 0 bridgehead atoms. The molecule has 2 heterocycles. The Labute approximate surface area is 180 Å². The van der Waals surface area contributed by atoms with Gasteiger partial charge in [-0.3, -0.25) is 9.59 Å². The largest absolute Gasteiger partial charge is 0.353 e. The van der Waals surface area contributed by atoms with Crippen LogP contribution in [0.4, 0.5) is 4.39 Å². The van der Waals surface area contributed by atoms with Crippen LogP contribution < -0.4 is 5.32 Å². The number of aromatic nitrogens is 2. The highest BCUT2D eigenvalue weighted by Crippen LogP contribution is 2.26. The first-order chi connectivity index (χ1) is 14.9. The molecular formula is C24H25FN4O2. The van der Waals surface area contributed by atoms with Gasteiger partial charge in [-0.25, -0.2) is 9.07 Å². The minimum absolute atomic E-state index is 0.0491. The van der Waals surface area contributed by atoms with Crippen LogP contribution in [0.1, 0.15) is 35.7 Å². The van der Waals surface area contributed by atoms with Crippen LogP contribution in [0.25, 0.3) is 16.9 Å².